The Labute approximate surface area is 89.1 Å². The summed E-state index contributed by atoms with van der Waals surface area (Å²) >= 11 is 0. The first-order valence-electron chi connectivity index (χ1n) is 5.02. The number of nitrogens with zero attached hydrogens (tertiary/aromatic N) is 1. The van der Waals surface area contributed by atoms with Crippen molar-refractivity contribution in [3.05, 3.63) is 30.1 Å². The third kappa shape index (κ3) is 3.32. The molecule has 0 aliphatic rings. The molecule has 1 rings (SSSR count). The molecule has 0 spiro atoms. The normalized spacial score (nSPS) is 14.5. The van der Waals surface area contributed by atoms with E-state index in [9.17, 15) is 4.79 Å². The number of carboxylic acid groups (broad SMARTS) is 1. The van der Waals surface area contributed by atoms with Crippen molar-refractivity contribution in [3.8, 4) is 0 Å². The van der Waals surface area contributed by atoms with Crippen LogP contribution >= 0.6 is 0 Å². The molecule has 0 bridgehead atoms. The minimum Gasteiger partial charge on any atom is -0.481 e. The Bertz CT molecular complexity index is 314. The van der Waals surface area contributed by atoms with Crippen molar-refractivity contribution >= 4 is 5.97 Å². The molecule has 1 heterocycles. The molecule has 0 radical (unpaired) electrons. The van der Waals surface area contributed by atoms with Gasteiger partial charge in [0.05, 0.1) is 6.42 Å². The maximum absolute atomic E-state index is 10.7. The van der Waals surface area contributed by atoms with Crippen molar-refractivity contribution in [2.24, 2.45) is 5.73 Å². The van der Waals surface area contributed by atoms with Gasteiger partial charge in [-0.25, -0.2) is 0 Å². The Morgan fingerprint density at radius 2 is 2.13 bits per heavy atom. The van der Waals surface area contributed by atoms with Crippen LogP contribution in [0.2, 0.25) is 0 Å². The minimum absolute atomic E-state index is 0.0685. The summed E-state index contributed by atoms with van der Waals surface area (Å²) in [5.74, 6) is -0.948. The number of hydrogen-bond acceptors (Lipinski definition) is 3. The van der Waals surface area contributed by atoms with Crippen molar-refractivity contribution in [3.63, 3.8) is 0 Å². The molecular formula is C11H16N2O2. The van der Waals surface area contributed by atoms with Crippen molar-refractivity contribution in [2.45, 2.75) is 31.7 Å². The molecule has 4 nitrogen and oxygen atoms in total. The molecule has 0 aromatic carbocycles. The van der Waals surface area contributed by atoms with E-state index >= 15 is 0 Å². The average Bonchev–Trinajstić information content (AvgIpc) is 2.26. The van der Waals surface area contributed by atoms with E-state index in [2.05, 4.69) is 4.98 Å². The SMILES string of the molecule is CCC(N)C(CC(=O)O)c1ccncc1. The van der Waals surface area contributed by atoms with Crippen LogP contribution in [0.3, 0.4) is 0 Å². The van der Waals surface area contributed by atoms with Gasteiger partial charge in [-0.15, -0.1) is 0 Å². The van der Waals surface area contributed by atoms with Crippen LogP contribution in [0.1, 0.15) is 31.2 Å². The highest BCUT2D eigenvalue weighted by Gasteiger charge is 2.21. The Kier molecular flexibility index (Phi) is 4.24. The zero-order valence-electron chi connectivity index (χ0n) is 8.76. The molecule has 0 aliphatic carbocycles. The predicted molar refractivity (Wildman–Crippen MR) is 57.5 cm³/mol. The number of carboxylic acids is 1. The maximum Gasteiger partial charge on any atom is 0.304 e. The van der Waals surface area contributed by atoms with Gasteiger partial charge in [-0.3, -0.25) is 9.78 Å². The molecule has 4 heteroatoms. The fourth-order valence-electron chi connectivity index (χ4n) is 1.60. The number of rotatable bonds is 5. The molecule has 1 aromatic rings. The summed E-state index contributed by atoms with van der Waals surface area (Å²) in [7, 11) is 0. The first-order valence-corrected chi connectivity index (χ1v) is 5.02. The van der Waals surface area contributed by atoms with Crippen LogP contribution in [-0.4, -0.2) is 22.1 Å². The fraction of sp³-hybridized carbons (Fsp3) is 0.455. The zero-order chi connectivity index (χ0) is 11.3. The van der Waals surface area contributed by atoms with Gasteiger partial charge < -0.3 is 10.8 Å². The van der Waals surface area contributed by atoms with Crippen LogP contribution < -0.4 is 5.73 Å². The highest BCUT2D eigenvalue weighted by molar-refractivity contribution is 5.68. The zero-order valence-corrected chi connectivity index (χ0v) is 8.76. The van der Waals surface area contributed by atoms with E-state index in [1.54, 1.807) is 12.4 Å². The summed E-state index contributed by atoms with van der Waals surface area (Å²) < 4.78 is 0. The van der Waals surface area contributed by atoms with E-state index in [1.165, 1.54) is 0 Å². The summed E-state index contributed by atoms with van der Waals surface area (Å²) in [6, 6.07) is 3.52. The lowest BCUT2D eigenvalue weighted by atomic mass is 9.88. The standard InChI is InChI=1S/C11H16N2O2/c1-2-10(12)9(7-11(14)15)8-3-5-13-6-4-8/h3-6,9-10H,2,7,12H2,1H3,(H,14,15). The summed E-state index contributed by atoms with van der Waals surface area (Å²) in [6.07, 6.45) is 4.15. The third-order valence-corrected chi connectivity index (χ3v) is 2.52. The van der Waals surface area contributed by atoms with Crippen LogP contribution in [0.15, 0.2) is 24.5 Å². The van der Waals surface area contributed by atoms with Crippen LogP contribution in [0.4, 0.5) is 0 Å². The van der Waals surface area contributed by atoms with Gasteiger partial charge >= 0.3 is 5.97 Å². The summed E-state index contributed by atoms with van der Waals surface area (Å²) in [4.78, 5) is 14.6. The van der Waals surface area contributed by atoms with E-state index in [4.69, 9.17) is 10.8 Å². The molecule has 15 heavy (non-hydrogen) atoms. The number of pyridine rings is 1. The molecule has 3 N–H and O–H groups in total. The molecule has 0 saturated heterocycles. The van der Waals surface area contributed by atoms with Crippen molar-refractivity contribution in [1.82, 2.24) is 4.98 Å². The third-order valence-electron chi connectivity index (χ3n) is 2.52. The monoisotopic (exact) mass is 208 g/mol. The first kappa shape index (κ1) is 11.7. The molecular weight excluding hydrogens is 192 g/mol. The van der Waals surface area contributed by atoms with E-state index in [1.807, 2.05) is 19.1 Å². The Morgan fingerprint density at radius 1 is 1.53 bits per heavy atom. The fourth-order valence-corrected chi connectivity index (χ4v) is 1.60. The number of aliphatic carboxylic acids is 1. The van der Waals surface area contributed by atoms with Gasteiger partial charge in [0, 0.05) is 24.4 Å². The van der Waals surface area contributed by atoms with Crippen LogP contribution in [0, 0.1) is 0 Å². The van der Waals surface area contributed by atoms with Gasteiger partial charge in [0.25, 0.3) is 0 Å². The second-order valence-electron chi connectivity index (χ2n) is 3.56. The molecule has 0 saturated carbocycles. The number of hydrogen-bond donors (Lipinski definition) is 2. The molecule has 2 atom stereocenters. The molecule has 1 aromatic heterocycles. The lowest BCUT2D eigenvalue weighted by molar-refractivity contribution is -0.137. The highest BCUT2D eigenvalue weighted by Crippen LogP contribution is 2.23. The quantitative estimate of drug-likeness (QED) is 0.766. The number of carbonyl (C=O) groups is 1. The first-order chi connectivity index (χ1) is 7.15. The average molecular weight is 208 g/mol. The topological polar surface area (TPSA) is 76.2 Å². The Balaban J connectivity index is 2.86. The van der Waals surface area contributed by atoms with Crippen molar-refractivity contribution in [2.75, 3.05) is 0 Å². The van der Waals surface area contributed by atoms with E-state index in [0.717, 1.165) is 12.0 Å². The van der Waals surface area contributed by atoms with E-state index in [0.29, 0.717) is 0 Å². The van der Waals surface area contributed by atoms with Gasteiger partial charge in [0.2, 0.25) is 0 Å². The van der Waals surface area contributed by atoms with Crippen LogP contribution in [-0.2, 0) is 4.79 Å². The molecule has 0 aliphatic heterocycles. The largest absolute Gasteiger partial charge is 0.481 e. The molecule has 82 valence electrons. The molecule has 2 unspecified atom stereocenters. The van der Waals surface area contributed by atoms with Crippen molar-refractivity contribution < 1.29 is 9.90 Å². The summed E-state index contributed by atoms with van der Waals surface area (Å²) in [6.45, 7) is 1.96. The maximum atomic E-state index is 10.7. The lowest BCUT2D eigenvalue weighted by Gasteiger charge is -2.21. The van der Waals surface area contributed by atoms with E-state index in [-0.39, 0.29) is 18.4 Å². The predicted octanol–water partition coefficient (Wildman–Crippen LogP) is 1.38. The second-order valence-corrected chi connectivity index (χ2v) is 3.56. The minimum atomic E-state index is -0.819. The molecule has 0 fully saturated rings. The van der Waals surface area contributed by atoms with Gasteiger partial charge in [-0.1, -0.05) is 6.92 Å². The van der Waals surface area contributed by atoms with Gasteiger partial charge in [0.1, 0.15) is 0 Å². The highest BCUT2D eigenvalue weighted by atomic mass is 16.4. The smallest absolute Gasteiger partial charge is 0.304 e. The second kappa shape index (κ2) is 5.46. The summed E-state index contributed by atoms with van der Waals surface area (Å²) in [5.41, 5.74) is 6.86. The van der Waals surface area contributed by atoms with Crippen LogP contribution in [0.5, 0.6) is 0 Å². The summed E-state index contributed by atoms with van der Waals surface area (Å²) in [5, 5.41) is 8.82. The van der Waals surface area contributed by atoms with Gasteiger partial charge in [0.15, 0.2) is 0 Å². The van der Waals surface area contributed by atoms with Crippen molar-refractivity contribution in [1.29, 1.82) is 0 Å². The lowest BCUT2D eigenvalue weighted by Crippen LogP contribution is -2.29. The number of nitrogens with two attached hydrogens (primary N) is 1. The van der Waals surface area contributed by atoms with E-state index < -0.39 is 5.97 Å². The van der Waals surface area contributed by atoms with Gasteiger partial charge in [-0.05, 0) is 24.1 Å². The Hall–Kier alpha value is -1.42. The van der Waals surface area contributed by atoms with Crippen LogP contribution in [0.25, 0.3) is 0 Å². The number of aromatic nitrogens is 1. The Morgan fingerprint density at radius 3 is 2.60 bits per heavy atom. The van der Waals surface area contributed by atoms with Gasteiger partial charge in [-0.2, -0.15) is 0 Å². The molecule has 0 amide bonds.